The van der Waals surface area contributed by atoms with E-state index in [1.54, 1.807) is 0 Å². The van der Waals surface area contributed by atoms with Gasteiger partial charge in [0.15, 0.2) is 0 Å². The Morgan fingerprint density at radius 3 is 2.65 bits per heavy atom. The van der Waals surface area contributed by atoms with Crippen LogP contribution in [0.15, 0.2) is 12.3 Å². The van der Waals surface area contributed by atoms with Crippen molar-refractivity contribution in [3.63, 3.8) is 0 Å². The second kappa shape index (κ2) is 3.86. The number of hydrogen-bond acceptors (Lipinski definition) is 2. The number of carboxylic acids is 1. The van der Waals surface area contributed by atoms with Gasteiger partial charge in [-0.15, -0.1) is 0 Å². The molecule has 4 bridgehead atoms. The highest BCUT2D eigenvalue weighted by Crippen LogP contribution is 2.65. The zero-order chi connectivity index (χ0) is 14.0. The molecule has 0 amide bonds. The fraction of sp³-hybridized carbons (Fsp3) is 0.750. The Balaban J connectivity index is 1.66. The van der Waals surface area contributed by atoms with Crippen LogP contribution in [0.4, 0.5) is 0 Å². The second-order valence-corrected chi connectivity index (χ2v) is 7.70. The molecule has 1 heterocycles. The third-order valence-electron chi connectivity index (χ3n) is 5.91. The highest BCUT2D eigenvalue weighted by molar-refractivity contribution is 5.75. The molecule has 4 atom stereocenters. The van der Waals surface area contributed by atoms with Crippen LogP contribution in [0.2, 0.25) is 0 Å². The van der Waals surface area contributed by atoms with Crippen LogP contribution in [0.3, 0.4) is 0 Å². The third-order valence-corrected chi connectivity index (χ3v) is 5.91. The van der Waals surface area contributed by atoms with E-state index in [1.807, 2.05) is 23.9 Å². The van der Waals surface area contributed by atoms with Crippen LogP contribution in [0.1, 0.15) is 44.2 Å². The predicted molar refractivity (Wildman–Crippen MR) is 74.1 cm³/mol. The number of rotatable bonds is 3. The molecule has 1 aromatic heterocycles. The second-order valence-electron chi connectivity index (χ2n) is 7.70. The molecule has 108 valence electrons. The Bertz CT molecular complexity index is 549. The van der Waals surface area contributed by atoms with E-state index in [4.69, 9.17) is 0 Å². The molecule has 4 saturated carbocycles. The zero-order valence-electron chi connectivity index (χ0n) is 12.0. The summed E-state index contributed by atoms with van der Waals surface area (Å²) in [6, 6.07) is 2.04. The fourth-order valence-electron chi connectivity index (χ4n) is 5.78. The Kier molecular flexibility index (Phi) is 2.40. The van der Waals surface area contributed by atoms with Gasteiger partial charge in [0.25, 0.3) is 0 Å². The first-order valence-electron chi connectivity index (χ1n) is 7.72. The maximum absolute atomic E-state index is 11.8. The molecule has 1 N–H and O–H groups in total. The zero-order valence-corrected chi connectivity index (χ0v) is 12.0. The molecule has 0 aliphatic heterocycles. The first kappa shape index (κ1) is 12.4. The van der Waals surface area contributed by atoms with Crippen molar-refractivity contribution in [2.24, 2.45) is 22.7 Å². The lowest BCUT2D eigenvalue weighted by Crippen LogP contribution is -2.56. The van der Waals surface area contributed by atoms with Gasteiger partial charge >= 0.3 is 5.97 Å². The summed E-state index contributed by atoms with van der Waals surface area (Å²) in [5, 5.41) is 14.3. The van der Waals surface area contributed by atoms with Crippen molar-refractivity contribution in [2.45, 2.75) is 52.0 Å². The molecule has 0 spiro atoms. The molecule has 20 heavy (non-hydrogen) atoms. The lowest BCUT2D eigenvalue weighted by molar-refractivity contribution is -0.176. The average Bonchev–Trinajstić information content (AvgIpc) is 2.71. The molecular weight excluding hydrogens is 252 g/mol. The number of aryl methyl sites for hydroxylation is 1. The van der Waals surface area contributed by atoms with Gasteiger partial charge in [0.05, 0.1) is 11.1 Å². The molecule has 0 unspecified atom stereocenters. The van der Waals surface area contributed by atoms with Crippen molar-refractivity contribution < 1.29 is 9.90 Å². The Hall–Kier alpha value is -1.32. The number of carboxylic acid groups (broad SMARTS) is 1. The normalized spacial score (nSPS) is 42.0. The van der Waals surface area contributed by atoms with Gasteiger partial charge in [0.2, 0.25) is 0 Å². The minimum absolute atomic E-state index is 0.181. The summed E-state index contributed by atoms with van der Waals surface area (Å²) in [4.78, 5) is 11.8. The molecule has 4 aliphatic rings. The lowest BCUT2D eigenvalue weighted by Gasteiger charge is -2.60. The van der Waals surface area contributed by atoms with Crippen molar-refractivity contribution in [3.8, 4) is 0 Å². The molecule has 0 saturated heterocycles. The van der Waals surface area contributed by atoms with E-state index in [2.05, 4.69) is 5.10 Å². The van der Waals surface area contributed by atoms with E-state index in [0.717, 1.165) is 31.5 Å². The monoisotopic (exact) mass is 274 g/mol. The first-order chi connectivity index (χ1) is 9.49. The molecule has 4 fully saturated rings. The quantitative estimate of drug-likeness (QED) is 0.922. The summed E-state index contributed by atoms with van der Waals surface area (Å²) < 4.78 is 2.04. The van der Waals surface area contributed by atoms with Crippen LogP contribution in [-0.2, 0) is 11.3 Å². The standard InChI is InChI=1S/C16H22N2O2/c1-11-2-3-18(17-11)10-15-5-12-4-13(6-15)8-16(7-12,9-15)14(19)20/h2-3,12-13H,4-10H2,1H3,(H,19,20)/t12-,13+,15+,16-. The SMILES string of the molecule is Cc1ccn(C[C@@]23C[C@H]4C[C@@H](C2)C[C@](C(=O)O)(C4)C3)n1. The molecule has 0 aromatic carbocycles. The van der Waals surface area contributed by atoms with Gasteiger partial charge < -0.3 is 5.11 Å². The van der Waals surface area contributed by atoms with E-state index >= 15 is 0 Å². The van der Waals surface area contributed by atoms with Gasteiger partial charge in [-0.2, -0.15) is 5.10 Å². The minimum Gasteiger partial charge on any atom is -0.481 e. The molecule has 0 radical (unpaired) electrons. The molecule has 4 nitrogen and oxygen atoms in total. The Morgan fingerprint density at radius 2 is 2.10 bits per heavy atom. The summed E-state index contributed by atoms with van der Waals surface area (Å²) in [6.45, 7) is 2.91. The lowest BCUT2D eigenvalue weighted by atomic mass is 9.44. The van der Waals surface area contributed by atoms with Crippen molar-refractivity contribution in [2.75, 3.05) is 0 Å². The summed E-state index contributed by atoms with van der Waals surface area (Å²) >= 11 is 0. The van der Waals surface area contributed by atoms with Crippen LogP contribution in [0.25, 0.3) is 0 Å². The minimum atomic E-state index is -0.548. The van der Waals surface area contributed by atoms with E-state index in [-0.39, 0.29) is 5.41 Å². The number of aromatic nitrogens is 2. The fourth-order valence-corrected chi connectivity index (χ4v) is 5.78. The van der Waals surface area contributed by atoms with Crippen LogP contribution in [0, 0.1) is 29.6 Å². The van der Waals surface area contributed by atoms with Gasteiger partial charge in [-0.3, -0.25) is 9.48 Å². The number of carbonyl (C=O) groups is 1. The summed E-state index contributed by atoms with van der Waals surface area (Å²) in [7, 11) is 0. The van der Waals surface area contributed by atoms with Crippen LogP contribution in [-0.4, -0.2) is 20.9 Å². The molecule has 5 rings (SSSR count). The molecule has 4 aliphatic carbocycles. The number of aliphatic carboxylic acids is 1. The Labute approximate surface area is 119 Å². The highest BCUT2D eigenvalue weighted by atomic mass is 16.4. The van der Waals surface area contributed by atoms with Crippen molar-refractivity contribution in [1.29, 1.82) is 0 Å². The van der Waals surface area contributed by atoms with E-state index < -0.39 is 11.4 Å². The van der Waals surface area contributed by atoms with Gasteiger partial charge in [0.1, 0.15) is 0 Å². The van der Waals surface area contributed by atoms with Gasteiger partial charge in [0, 0.05) is 12.7 Å². The van der Waals surface area contributed by atoms with Crippen LogP contribution < -0.4 is 0 Å². The van der Waals surface area contributed by atoms with Gasteiger partial charge in [-0.05, 0) is 68.8 Å². The third kappa shape index (κ3) is 1.73. The number of nitrogens with zero attached hydrogens (tertiary/aromatic N) is 2. The highest BCUT2D eigenvalue weighted by Gasteiger charge is 2.60. The maximum atomic E-state index is 11.8. The Morgan fingerprint density at radius 1 is 1.40 bits per heavy atom. The number of hydrogen-bond donors (Lipinski definition) is 1. The molecular formula is C16H22N2O2. The predicted octanol–water partition coefficient (Wildman–Crippen LogP) is 2.86. The van der Waals surface area contributed by atoms with E-state index in [0.29, 0.717) is 11.8 Å². The van der Waals surface area contributed by atoms with Crippen molar-refractivity contribution in [3.05, 3.63) is 18.0 Å². The van der Waals surface area contributed by atoms with E-state index in [9.17, 15) is 9.90 Å². The smallest absolute Gasteiger partial charge is 0.309 e. The summed E-state index contributed by atoms with van der Waals surface area (Å²) in [6.07, 6.45) is 8.41. The summed E-state index contributed by atoms with van der Waals surface area (Å²) in [5.74, 6) is 0.709. The average molecular weight is 274 g/mol. The van der Waals surface area contributed by atoms with Crippen LogP contribution >= 0.6 is 0 Å². The molecule has 1 aromatic rings. The molecule has 4 heteroatoms. The van der Waals surface area contributed by atoms with E-state index in [1.165, 1.54) is 19.3 Å². The largest absolute Gasteiger partial charge is 0.481 e. The topological polar surface area (TPSA) is 55.1 Å². The van der Waals surface area contributed by atoms with Gasteiger partial charge in [-0.1, -0.05) is 0 Å². The van der Waals surface area contributed by atoms with Crippen molar-refractivity contribution >= 4 is 5.97 Å². The first-order valence-corrected chi connectivity index (χ1v) is 7.72. The van der Waals surface area contributed by atoms with Crippen LogP contribution in [0.5, 0.6) is 0 Å². The van der Waals surface area contributed by atoms with Crippen molar-refractivity contribution in [1.82, 2.24) is 9.78 Å². The van der Waals surface area contributed by atoms with Gasteiger partial charge in [-0.25, -0.2) is 0 Å². The summed E-state index contributed by atoms with van der Waals surface area (Å²) in [5.41, 5.74) is 0.801. The maximum Gasteiger partial charge on any atom is 0.309 e.